The number of unbranched alkanes of at least 4 members (excludes halogenated alkanes) is 1. The third kappa shape index (κ3) is 6.83. The Bertz CT molecular complexity index is 534. The maximum absolute atomic E-state index is 11.8. The van der Waals surface area contributed by atoms with Gasteiger partial charge < -0.3 is 10.1 Å². The number of hydrogen-bond donors (Lipinski definition) is 1. The molecule has 0 aliphatic carbocycles. The van der Waals surface area contributed by atoms with Crippen molar-refractivity contribution in [3.8, 4) is 0 Å². The van der Waals surface area contributed by atoms with Crippen LogP contribution in [-0.2, 0) is 14.3 Å². The monoisotopic (exact) mass is 387 g/mol. The van der Waals surface area contributed by atoms with E-state index in [9.17, 15) is 9.59 Å². The summed E-state index contributed by atoms with van der Waals surface area (Å²) in [7, 11) is 1.38. The van der Waals surface area contributed by atoms with Crippen molar-refractivity contribution in [1.29, 1.82) is 0 Å². The molecular weight excluding hydrogens is 366 g/mol. The lowest BCUT2D eigenvalue weighted by molar-refractivity contribution is -0.140. The molecule has 0 aliphatic rings. The van der Waals surface area contributed by atoms with Gasteiger partial charge in [-0.15, -0.1) is 11.8 Å². The van der Waals surface area contributed by atoms with E-state index in [1.54, 1.807) is 11.8 Å². The molecule has 1 aromatic carbocycles. The summed E-state index contributed by atoms with van der Waals surface area (Å²) in [5.41, 5.74) is 2.32. The minimum Gasteiger partial charge on any atom is -0.469 e. The molecule has 1 amide bonds. The van der Waals surface area contributed by atoms with Crippen LogP contribution in [0.5, 0.6) is 0 Å². The highest BCUT2D eigenvalue weighted by Crippen LogP contribution is 2.28. The topological polar surface area (TPSA) is 55.4 Å². The number of benzene rings is 1. The highest BCUT2D eigenvalue weighted by atomic mass is 79.9. The molecule has 122 valence electrons. The first-order chi connectivity index (χ1) is 10.4. The van der Waals surface area contributed by atoms with Crippen LogP contribution in [0.15, 0.2) is 21.5 Å². The first-order valence-corrected chi connectivity index (χ1v) is 8.95. The number of ether oxygens (including phenoxy) is 1. The third-order valence-electron chi connectivity index (χ3n) is 3.17. The van der Waals surface area contributed by atoms with Gasteiger partial charge in [0, 0.05) is 22.3 Å². The van der Waals surface area contributed by atoms with Gasteiger partial charge >= 0.3 is 5.97 Å². The van der Waals surface area contributed by atoms with Crippen molar-refractivity contribution in [2.75, 3.05) is 19.4 Å². The number of carbonyl (C=O) groups is 2. The molecule has 22 heavy (non-hydrogen) atoms. The number of aryl methyl sites for hydroxylation is 2. The molecule has 1 aromatic rings. The van der Waals surface area contributed by atoms with E-state index in [4.69, 9.17) is 0 Å². The average molecular weight is 388 g/mol. The average Bonchev–Trinajstić information content (AvgIpc) is 2.48. The van der Waals surface area contributed by atoms with Crippen LogP contribution in [-0.4, -0.2) is 31.3 Å². The molecule has 0 bridgehead atoms. The predicted molar refractivity (Wildman–Crippen MR) is 93.2 cm³/mol. The van der Waals surface area contributed by atoms with Gasteiger partial charge in [-0.1, -0.05) is 15.9 Å². The Hall–Kier alpha value is -1.01. The largest absolute Gasteiger partial charge is 0.469 e. The Morgan fingerprint density at radius 3 is 2.64 bits per heavy atom. The van der Waals surface area contributed by atoms with Crippen LogP contribution in [0.25, 0.3) is 0 Å². The standard InChI is InChI=1S/C16H22BrNO3S/c1-11-9-14(12(2)8-13(11)17)22-10-15(19)18-7-5-4-6-16(20)21-3/h8-9H,4-7,10H2,1-3H3,(H,18,19). The van der Waals surface area contributed by atoms with Gasteiger partial charge in [0.15, 0.2) is 0 Å². The summed E-state index contributed by atoms with van der Waals surface area (Å²) in [5.74, 6) is 0.213. The number of esters is 1. The summed E-state index contributed by atoms with van der Waals surface area (Å²) >= 11 is 5.05. The smallest absolute Gasteiger partial charge is 0.305 e. The molecule has 0 saturated heterocycles. The molecule has 1 rings (SSSR count). The lowest BCUT2D eigenvalue weighted by Crippen LogP contribution is -2.26. The van der Waals surface area contributed by atoms with Gasteiger partial charge in [0.2, 0.25) is 5.91 Å². The molecule has 0 aliphatic heterocycles. The van der Waals surface area contributed by atoms with Crippen molar-refractivity contribution in [3.05, 3.63) is 27.7 Å². The van der Waals surface area contributed by atoms with E-state index >= 15 is 0 Å². The van der Waals surface area contributed by atoms with Crippen molar-refractivity contribution in [2.45, 2.75) is 38.0 Å². The van der Waals surface area contributed by atoms with E-state index in [-0.39, 0.29) is 11.9 Å². The van der Waals surface area contributed by atoms with E-state index in [0.29, 0.717) is 18.7 Å². The number of amides is 1. The van der Waals surface area contributed by atoms with Crippen LogP contribution in [0.3, 0.4) is 0 Å². The first-order valence-electron chi connectivity index (χ1n) is 7.17. The van der Waals surface area contributed by atoms with Gasteiger partial charge in [-0.25, -0.2) is 0 Å². The second-order valence-corrected chi connectivity index (χ2v) is 6.91. The van der Waals surface area contributed by atoms with E-state index in [2.05, 4.69) is 38.1 Å². The number of nitrogens with one attached hydrogen (secondary N) is 1. The normalized spacial score (nSPS) is 10.4. The van der Waals surface area contributed by atoms with E-state index in [1.165, 1.54) is 7.11 Å². The molecule has 0 saturated carbocycles. The minimum atomic E-state index is -0.206. The first kappa shape index (κ1) is 19.0. The lowest BCUT2D eigenvalue weighted by atomic mass is 10.2. The Labute approximate surface area is 144 Å². The van der Waals surface area contributed by atoms with Gasteiger partial charge in [-0.3, -0.25) is 9.59 Å². The fraction of sp³-hybridized carbons (Fsp3) is 0.500. The number of carbonyl (C=O) groups excluding carboxylic acids is 2. The van der Waals surface area contributed by atoms with Gasteiger partial charge in [0.1, 0.15) is 0 Å². The molecule has 4 nitrogen and oxygen atoms in total. The fourth-order valence-electron chi connectivity index (χ4n) is 1.83. The Morgan fingerprint density at radius 1 is 1.23 bits per heavy atom. The maximum atomic E-state index is 11.8. The van der Waals surface area contributed by atoms with Gasteiger partial charge in [0.05, 0.1) is 12.9 Å². The van der Waals surface area contributed by atoms with Gasteiger partial charge in [-0.2, -0.15) is 0 Å². The molecule has 0 fully saturated rings. The number of halogens is 1. The van der Waals surface area contributed by atoms with Crippen molar-refractivity contribution in [1.82, 2.24) is 5.32 Å². The van der Waals surface area contributed by atoms with Crippen molar-refractivity contribution in [2.24, 2.45) is 0 Å². The summed E-state index contributed by atoms with van der Waals surface area (Å²) in [6, 6.07) is 4.16. The SMILES string of the molecule is COC(=O)CCCCNC(=O)CSc1cc(C)c(Br)cc1C. The summed E-state index contributed by atoms with van der Waals surface area (Å²) < 4.78 is 5.65. The number of thioether (sulfide) groups is 1. The van der Waals surface area contributed by atoms with Crippen LogP contribution >= 0.6 is 27.7 Å². The van der Waals surface area contributed by atoms with E-state index in [1.807, 2.05) is 13.8 Å². The lowest BCUT2D eigenvalue weighted by Gasteiger charge is -2.09. The second-order valence-electron chi connectivity index (χ2n) is 5.04. The number of hydrogen-bond acceptors (Lipinski definition) is 4. The van der Waals surface area contributed by atoms with E-state index < -0.39 is 0 Å². The fourth-order valence-corrected chi connectivity index (χ4v) is 3.22. The van der Waals surface area contributed by atoms with Crippen LogP contribution in [0.2, 0.25) is 0 Å². The second kappa shape index (κ2) is 9.90. The van der Waals surface area contributed by atoms with Crippen LogP contribution in [0.1, 0.15) is 30.4 Å². The molecular formula is C16H22BrNO3S. The predicted octanol–water partition coefficient (Wildman–Crippen LogP) is 3.62. The summed E-state index contributed by atoms with van der Waals surface area (Å²) in [6.07, 6.45) is 1.91. The van der Waals surface area contributed by atoms with Crippen molar-refractivity contribution >= 4 is 39.6 Å². The molecule has 0 atom stereocenters. The van der Waals surface area contributed by atoms with Crippen molar-refractivity contribution in [3.63, 3.8) is 0 Å². The summed E-state index contributed by atoms with van der Waals surface area (Å²) in [6.45, 7) is 4.67. The molecule has 0 heterocycles. The van der Waals surface area contributed by atoms with Crippen LogP contribution < -0.4 is 5.32 Å². The molecule has 0 radical (unpaired) electrons. The van der Waals surface area contributed by atoms with E-state index in [0.717, 1.165) is 33.3 Å². The number of rotatable bonds is 8. The summed E-state index contributed by atoms with van der Waals surface area (Å²) in [5, 5.41) is 2.87. The molecule has 0 spiro atoms. The summed E-state index contributed by atoms with van der Waals surface area (Å²) in [4.78, 5) is 23.9. The quantitative estimate of drug-likeness (QED) is 0.420. The van der Waals surface area contributed by atoms with Crippen LogP contribution in [0, 0.1) is 13.8 Å². The maximum Gasteiger partial charge on any atom is 0.305 e. The zero-order valence-corrected chi connectivity index (χ0v) is 15.6. The Balaban J connectivity index is 2.26. The van der Waals surface area contributed by atoms with Crippen LogP contribution in [0.4, 0.5) is 0 Å². The van der Waals surface area contributed by atoms with Gasteiger partial charge in [0.25, 0.3) is 0 Å². The van der Waals surface area contributed by atoms with Gasteiger partial charge in [-0.05, 0) is 49.9 Å². The zero-order valence-electron chi connectivity index (χ0n) is 13.2. The highest BCUT2D eigenvalue weighted by Gasteiger charge is 2.07. The molecule has 6 heteroatoms. The van der Waals surface area contributed by atoms with Crippen molar-refractivity contribution < 1.29 is 14.3 Å². The highest BCUT2D eigenvalue weighted by molar-refractivity contribution is 9.10. The number of methoxy groups -OCH3 is 1. The molecule has 1 N–H and O–H groups in total. The Kier molecular flexibility index (Phi) is 8.56. The zero-order chi connectivity index (χ0) is 16.5. The molecule has 0 aromatic heterocycles. The minimum absolute atomic E-state index is 0.0167. The molecule has 0 unspecified atom stereocenters. The third-order valence-corrected chi connectivity index (χ3v) is 5.18. The Morgan fingerprint density at radius 2 is 1.95 bits per heavy atom.